The molecular weight excluding hydrogens is 306 g/mol. The maximum absolute atomic E-state index is 12.1. The van der Waals surface area contributed by atoms with Gasteiger partial charge in [-0.1, -0.05) is 12.1 Å². The van der Waals surface area contributed by atoms with Crippen LogP contribution in [0.15, 0.2) is 24.3 Å². The molecule has 1 aromatic rings. The first-order chi connectivity index (χ1) is 11.3. The summed E-state index contributed by atoms with van der Waals surface area (Å²) >= 11 is 0. The molecule has 1 heterocycles. The first-order valence-corrected chi connectivity index (χ1v) is 8.46. The van der Waals surface area contributed by atoms with E-state index in [0.717, 1.165) is 24.5 Å². The van der Waals surface area contributed by atoms with Crippen molar-refractivity contribution in [3.05, 3.63) is 24.3 Å². The lowest BCUT2D eigenvalue weighted by Crippen LogP contribution is -2.34. The molecule has 1 fully saturated rings. The van der Waals surface area contributed by atoms with Gasteiger partial charge in [0.15, 0.2) is 0 Å². The minimum atomic E-state index is -0.541. The maximum Gasteiger partial charge on any atom is 0.407 e. The lowest BCUT2D eigenvalue weighted by Gasteiger charge is -2.21. The van der Waals surface area contributed by atoms with Gasteiger partial charge in [-0.3, -0.25) is 4.79 Å². The fourth-order valence-electron chi connectivity index (χ4n) is 2.62. The molecule has 24 heavy (non-hydrogen) atoms. The van der Waals surface area contributed by atoms with Crippen molar-refractivity contribution < 1.29 is 14.3 Å². The molecule has 0 saturated carbocycles. The molecule has 0 spiro atoms. The molecule has 0 aromatic heterocycles. The van der Waals surface area contributed by atoms with Crippen LogP contribution in [0.1, 0.15) is 40.0 Å². The molecule has 1 aliphatic rings. The van der Waals surface area contributed by atoms with Crippen molar-refractivity contribution in [2.75, 3.05) is 29.9 Å². The van der Waals surface area contributed by atoms with Gasteiger partial charge in [-0.25, -0.2) is 4.79 Å². The number of hydrogen-bond acceptors (Lipinski definition) is 4. The number of nitrogens with zero attached hydrogens (tertiary/aromatic N) is 1. The summed E-state index contributed by atoms with van der Waals surface area (Å²) in [6.45, 7) is 7.69. The third-order valence-corrected chi connectivity index (χ3v) is 3.65. The summed E-state index contributed by atoms with van der Waals surface area (Å²) in [7, 11) is 0. The first kappa shape index (κ1) is 18.1. The number of carbonyl (C=O) groups is 2. The fraction of sp³-hybridized carbons (Fsp3) is 0.556. The van der Waals surface area contributed by atoms with Crippen molar-refractivity contribution >= 4 is 23.4 Å². The molecule has 0 unspecified atom stereocenters. The van der Waals surface area contributed by atoms with E-state index in [4.69, 9.17) is 4.74 Å². The molecule has 1 aliphatic heterocycles. The number of hydrogen-bond donors (Lipinski definition) is 2. The van der Waals surface area contributed by atoms with Crippen LogP contribution in [-0.2, 0) is 9.53 Å². The van der Waals surface area contributed by atoms with Crippen LogP contribution in [0.2, 0.25) is 0 Å². The molecule has 132 valence electrons. The molecule has 6 heteroatoms. The largest absolute Gasteiger partial charge is 0.444 e. The van der Waals surface area contributed by atoms with Crippen LogP contribution in [0.4, 0.5) is 16.2 Å². The average molecular weight is 333 g/mol. The van der Waals surface area contributed by atoms with E-state index in [2.05, 4.69) is 15.5 Å². The van der Waals surface area contributed by atoms with Crippen molar-refractivity contribution in [1.29, 1.82) is 0 Å². The van der Waals surface area contributed by atoms with Crippen molar-refractivity contribution in [2.24, 2.45) is 0 Å². The Kier molecular flexibility index (Phi) is 6.06. The summed E-state index contributed by atoms with van der Waals surface area (Å²) in [5.41, 5.74) is 1.34. The third-order valence-electron chi connectivity index (χ3n) is 3.65. The highest BCUT2D eigenvalue weighted by atomic mass is 16.6. The second-order valence-corrected chi connectivity index (χ2v) is 6.94. The second-order valence-electron chi connectivity index (χ2n) is 6.94. The van der Waals surface area contributed by atoms with E-state index >= 15 is 0 Å². The van der Waals surface area contributed by atoms with Gasteiger partial charge < -0.3 is 20.3 Å². The van der Waals surface area contributed by atoms with Gasteiger partial charge in [0.1, 0.15) is 5.60 Å². The van der Waals surface area contributed by atoms with Crippen molar-refractivity contribution in [3.63, 3.8) is 0 Å². The maximum atomic E-state index is 12.1. The molecule has 0 radical (unpaired) electrons. The number of alkyl carbamates (subject to hydrolysis) is 1. The van der Waals surface area contributed by atoms with Crippen LogP contribution in [0.25, 0.3) is 0 Å². The molecule has 6 nitrogen and oxygen atoms in total. The monoisotopic (exact) mass is 333 g/mol. The molecule has 0 atom stereocenters. The number of nitrogens with one attached hydrogen (secondary N) is 2. The van der Waals surface area contributed by atoms with Crippen molar-refractivity contribution in [2.45, 2.75) is 45.6 Å². The summed E-state index contributed by atoms with van der Waals surface area (Å²) in [6.07, 6.45) is 2.06. The lowest BCUT2D eigenvalue weighted by molar-refractivity contribution is -0.116. The molecule has 2 amide bonds. The van der Waals surface area contributed by atoms with Crippen LogP contribution in [-0.4, -0.2) is 37.2 Å². The van der Waals surface area contributed by atoms with E-state index in [1.165, 1.54) is 12.8 Å². The normalized spacial score (nSPS) is 14.4. The van der Waals surface area contributed by atoms with E-state index in [0.29, 0.717) is 0 Å². The number of carbonyl (C=O) groups excluding carboxylic acids is 2. The summed E-state index contributed by atoms with van der Waals surface area (Å²) in [4.78, 5) is 26.0. The minimum Gasteiger partial charge on any atom is -0.444 e. The van der Waals surface area contributed by atoms with E-state index in [9.17, 15) is 9.59 Å². The van der Waals surface area contributed by atoms with Crippen LogP contribution in [0, 0.1) is 0 Å². The number of amides is 2. The van der Waals surface area contributed by atoms with Gasteiger partial charge in [0.2, 0.25) is 5.91 Å². The van der Waals surface area contributed by atoms with Crippen LogP contribution in [0.5, 0.6) is 0 Å². The van der Waals surface area contributed by atoms with Gasteiger partial charge in [0, 0.05) is 26.1 Å². The lowest BCUT2D eigenvalue weighted by atomic mass is 10.2. The summed E-state index contributed by atoms with van der Waals surface area (Å²) < 4.78 is 5.14. The van der Waals surface area contributed by atoms with E-state index < -0.39 is 11.7 Å². The summed E-state index contributed by atoms with van der Waals surface area (Å²) in [5.74, 6) is -0.127. The standard InChI is InChI=1S/C18H27N3O3/c1-18(2,3)24-17(23)19-11-10-16(22)20-14-8-4-5-9-15(14)21-12-6-7-13-21/h4-5,8-9H,6-7,10-13H2,1-3H3,(H,19,23)(H,20,22). The van der Waals surface area contributed by atoms with Crippen LogP contribution >= 0.6 is 0 Å². The number of rotatable bonds is 5. The van der Waals surface area contributed by atoms with Gasteiger partial charge in [-0.15, -0.1) is 0 Å². The molecule has 0 bridgehead atoms. The molecule has 2 rings (SSSR count). The Morgan fingerprint density at radius 1 is 1.17 bits per heavy atom. The zero-order valence-electron chi connectivity index (χ0n) is 14.7. The highest BCUT2D eigenvalue weighted by Crippen LogP contribution is 2.28. The molecule has 1 aromatic carbocycles. The predicted molar refractivity (Wildman–Crippen MR) is 95.4 cm³/mol. The number of benzene rings is 1. The van der Waals surface area contributed by atoms with E-state index in [-0.39, 0.29) is 18.9 Å². The molecular formula is C18H27N3O3. The molecule has 2 N–H and O–H groups in total. The van der Waals surface area contributed by atoms with Gasteiger partial charge >= 0.3 is 6.09 Å². The Hall–Kier alpha value is -2.24. The molecule has 1 saturated heterocycles. The smallest absolute Gasteiger partial charge is 0.407 e. The average Bonchev–Trinajstić information content (AvgIpc) is 3.00. The zero-order valence-corrected chi connectivity index (χ0v) is 14.7. The highest BCUT2D eigenvalue weighted by molar-refractivity contribution is 5.94. The van der Waals surface area contributed by atoms with Gasteiger partial charge in [0.05, 0.1) is 11.4 Å². The Balaban J connectivity index is 1.81. The SMILES string of the molecule is CC(C)(C)OC(=O)NCCC(=O)Nc1ccccc1N1CCCC1. The van der Waals surface area contributed by atoms with Gasteiger partial charge in [-0.2, -0.15) is 0 Å². The van der Waals surface area contributed by atoms with Gasteiger partial charge in [0.25, 0.3) is 0 Å². The Morgan fingerprint density at radius 3 is 2.50 bits per heavy atom. The second kappa shape index (κ2) is 8.04. The fourth-order valence-corrected chi connectivity index (χ4v) is 2.62. The van der Waals surface area contributed by atoms with Crippen molar-refractivity contribution in [3.8, 4) is 0 Å². The van der Waals surface area contributed by atoms with Gasteiger partial charge in [-0.05, 0) is 45.7 Å². The zero-order chi connectivity index (χ0) is 17.6. The Bertz CT molecular complexity index is 575. The summed E-state index contributed by atoms with van der Waals surface area (Å²) in [5, 5.41) is 5.53. The predicted octanol–water partition coefficient (Wildman–Crippen LogP) is 3.14. The minimum absolute atomic E-state index is 0.127. The van der Waals surface area contributed by atoms with Crippen LogP contribution < -0.4 is 15.5 Å². The van der Waals surface area contributed by atoms with Crippen molar-refractivity contribution in [1.82, 2.24) is 5.32 Å². The van der Waals surface area contributed by atoms with E-state index in [1.807, 2.05) is 24.3 Å². The quantitative estimate of drug-likeness (QED) is 0.868. The van der Waals surface area contributed by atoms with Crippen LogP contribution in [0.3, 0.4) is 0 Å². The number of para-hydroxylation sites is 2. The number of anilines is 2. The first-order valence-electron chi connectivity index (χ1n) is 8.46. The topological polar surface area (TPSA) is 70.7 Å². The molecule has 0 aliphatic carbocycles. The Labute approximate surface area is 143 Å². The number of ether oxygens (including phenoxy) is 1. The highest BCUT2D eigenvalue weighted by Gasteiger charge is 2.17. The van der Waals surface area contributed by atoms with E-state index in [1.54, 1.807) is 20.8 Å². The third kappa shape index (κ3) is 5.76. The Morgan fingerprint density at radius 2 is 1.83 bits per heavy atom. The summed E-state index contributed by atoms with van der Waals surface area (Å²) in [6, 6.07) is 7.83.